The molecule has 0 aliphatic carbocycles. The van der Waals surface area contributed by atoms with E-state index in [1.165, 1.54) is 0 Å². The third-order valence-electron chi connectivity index (χ3n) is 3.22. The topological polar surface area (TPSA) is 37.3 Å². The third kappa shape index (κ3) is 3.89. The molecule has 5 heteroatoms. The summed E-state index contributed by atoms with van der Waals surface area (Å²) in [5.74, 6) is 0. The maximum Gasteiger partial charge on any atom is 0.0979 e. The number of benzene rings is 2. The summed E-state index contributed by atoms with van der Waals surface area (Å²) in [6.07, 6.45) is 3.49. The van der Waals surface area contributed by atoms with Gasteiger partial charge in [0.05, 0.1) is 21.4 Å². The SMILES string of the molecule is Clc1ccc(N/N=C(\c2ccccc2)c2ccncc2)cc1Cl. The first-order valence-corrected chi connectivity index (χ1v) is 7.74. The van der Waals surface area contributed by atoms with Crippen LogP contribution in [-0.4, -0.2) is 10.7 Å². The van der Waals surface area contributed by atoms with Gasteiger partial charge in [0.2, 0.25) is 0 Å². The average Bonchev–Trinajstić information content (AvgIpc) is 2.60. The normalized spacial score (nSPS) is 11.3. The Balaban J connectivity index is 1.96. The Morgan fingerprint density at radius 1 is 0.826 bits per heavy atom. The number of rotatable bonds is 4. The highest BCUT2D eigenvalue weighted by Gasteiger charge is 2.07. The van der Waals surface area contributed by atoms with Gasteiger partial charge in [-0.25, -0.2) is 0 Å². The third-order valence-corrected chi connectivity index (χ3v) is 3.96. The maximum atomic E-state index is 6.03. The van der Waals surface area contributed by atoms with E-state index >= 15 is 0 Å². The van der Waals surface area contributed by atoms with Gasteiger partial charge in [0.25, 0.3) is 0 Å². The average molecular weight is 342 g/mol. The van der Waals surface area contributed by atoms with Crippen molar-refractivity contribution in [1.29, 1.82) is 0 Å². The lowest BCUT2D eigenvalue weighted by atomic mass is 10.0. The van der Waals surface area contributed by atoms with E-state index in [1.54, 1.807) is 24.5 Å². The molecule has 0 saturated heterocycles. The second-order valence-corrected chi connectivity index (χ2v) is 5.62. The second-order valence-electron chi connectivity index (χ2n) is 4.80. The first kappa shape index (κ1) is 15.5. The molecule has 0 aliphatic heterocycles. The highest BCUT2D eigenvalue weighted by molar-refractivity contribution is 6.42. The number of hydrogen-bond donors (Lipinski definition) is 1. The summed E-state index contributed by atoms with van der Waals surface area (Å²) in [5, 5.41) is 5.54. The van der Waals surface area contributed by atoms with Crippen molar-refractivity contribution < 1.29 is 0 Å². The highest BCUT2D eigenvalue weighted by Crippen LogP contribution is 2.25. The van der Waals surface area contributed by atoms with Gasteiger partial charge in [0, 0.05) is 23.5 Å². The molecule has 2 aromatic carbocycles. The van der Waals surface area contributed by atoms with Crippen LogP contribution in [0.3, 0.4) is 0 Å². The van der Waals surface area contributed by atoms with Crippen LogP contribution in [0.1, 0.15) is 11.1 Å². The Morgan fingerprint density at radius 3 is 2.22 bits per heavy atom. The highest BCUT2D eigenvalue weighted by atomic mass is 35.5. The molecule has 0 atom stereocenters. The second kappa shape index (κ2) is 7.27. The van der Waals surface area contributed by atoms with Crippen molar-refractivity contribution in [2.45, 2.75) is 0 Å². The molecule has 0 aliphatic rings. The summed E-state index contributed by atoms with van der Waals surface area (Å²) in [5.41, 5.74) is 6.60. The van der Waals surface area contributed by atoms with Crippen LogP contribution in [0.25, 0.3) is 0 Å². The van der Waals surface area contributed by atoms with Crippen LogP contribution >= 0.6 is 23.2 Å². The van der Waals surface area contributed by atoms with Crippen LogP contribution < -0.4 is 5.43 Å². The monoisotopic (exact) mass is 341 g/mol. The summed E-state index contributed by atoms with van der Waals surface area (Å²) < 4.78 is 0. The van der Waals surface area contributed by atoms with Crippen molar-refractivity contribution in [2.75, 3.05) is 5.43 Å². The van der Waals surface area contributed by atoms with Gasteiger partial charge in [0.1, 0.15) is 0 Å². The van der Waals surface area contributed by atoms with Crippen LogP contribution in [0.5, 0.6) is 0 Å². The Labute approximate surface area is 144 Å². The van der Waals surface area contributed by atoms with E-state index in [4.69, 9.17) is 23.2 Å². The van der Waals surface area contributed by atoms with E-state index in [1.807, 2.05) is 48.5 Å². The molecule has 1 heterocycles. The van der Waals surface area contributed by atoms with Gasteiger partial charge < -0.3 is 0 Å². The van der Waals surface area contributed by atoms with Gasteiger partial charge in [0.15, 0.2) is 0 Å². The smallest absolute Gasteiger partial charge is 0.0979 e. The van der Waals surface area contributed by atoms with E-state index in [0.29, 0.717) is 10.0 Å². The summed E-state index contributed by atoms with van der Waals surface area (Å²) in [4.78, 5) is 4.05. The summed E-state index contributed by atoms with van der Waals surface area (Å²) in [7, 11) is 0. The molecule has 0 amide bonds. The predicted octanol–water partition coefficient (Wildman–Crippen LogP) is 5.25. The summed E-state index contributed by atoms with van der Waals surface area (Å²) >= 11 is 12.0. The van der Waals surface area contributed by atoms with Gasteiger partial charge in [-0.05, 0) is 30.3 Å². The molecule has 3 aromatic rings. The molecule has 114 valence electrons. The lowest BCUT2D eigenvalue weighted by molar-refractivity contribution is 1.29. The van der Waals surface area contributed by atoms with Crippen molar-refractivity contribution >= 4 is 34.6 Å². The quantitative estimate of drug-likeness (QED) is 0.519. The fourth-order valence-corrected chi connectivity index (χ4v) is 2.39. The van der Waals surface area contributed by atoms with Crippen LogP contribution in [0.2, 0.25) is 10.0 Å². The Hall–Kier alpha value is -2.36. The molecule has 0 unspecified atom stereocenters. The van der Waals surface area contributed by atoms with E-state index in [-0.39, 0.29) is 0 Å². The maximum absolute atomic E-state index is 6.03. The minimum absolute atomic E-state index is 0.483. The van der Waals surface area contributed by atoms with Gasteiger partial charge in [-0.3, -0.25) is 10.4 Å². The number of hydrazone groups is 1. The predicted molar refractivity (Wildman–Crippen MR) is 96.4 cm³/mol. The Morgan fingerprint density at radius 2 is 1.52 bits per heavy atom. The molecule has 1 aromatic heterocycles. The lowest BCUT2D eigenvalue weighted by Gasteiger charge is -2.09. The molecule has 23 heavy (non-hydrogen) atoms. The largest absolute Gasteiger partial charge is 0.278 e. The number of halogens is 2. The molecule has 0 saturated carbocycles. The number of nitrogens with one attached hydrogen (secondary N) is 1. The fourth-order valence-electron chi connectivity index (χ4n) is 2.09. The molecular formula is C18H13Cl2N3. The van der Waals surface area contributed by atoms with E-state index < -0.39 is 0 Å². The molecule has 0 spiro atoms. The van der Waals surface area contributed by atoms with Crippen LogP contribution in [0.15, 0.2) is 78.2 Å². The summed E-state index contributed by atoms with van der Waals surface area (Å²) in [6, 6.07) is 19.1. The number of nitrogens with zero attached hydrogens (tertiary/aromatic N) is 2. The number of anilines is 1. The first-order valence-electron chi connectivity index (χ1n) is 6.98. The number of aromatic nitrogens is 1. The van der Waals surface area contributed by atoms with Gasteiger partial charge in [-0.1, -0.05) is 53.5 Å². The standard InChI is InChI=1S/C18H13Cl2N3/c19-16-7-6-15(12-17(16)20)22-23-18(13-4-2-1-3-5-13)14-8-10-21-11-9-14/h1-12,22H/b23-18+. The van der Waals surface area contributed by atoms with Gasteiger partial charge in [-0.15, -0.1) is 0 Å². The first-order chi connectivity index (χ1) is 11.2. The zero-order valence-electron chi connectivity index (χ0n) is 12.1. The van der Waals surface area contributed by atoms with Gasteiger partial charge >= 0.3 is 0 Å². The van der Waals surface area contributed by atoms with Crippen LogP contribution in [0, 0.1) is 0 Å². The molecule has 0 fully saturated rings. The minimum atomic E-state index is 0.483. The van der Waals surface area contributed by atoms with E-state index in [9.17, 15) is 0 Å². The van der Waals surface area contributed by atoms with E-state index in [0.717, 1.165) is 22.5 Å². The minimum Gasteiger partial charge on any atom is -0.278 e. The van der Waals surface area contributed by atoms with Crippen LogP contribution in [0.4, 0.5) is 5.69 Å². The Bertz CT molecular complexity index is 777. The zero-order chi connectivity index (χ0) is 16.1. The fraction of sp³-hybridized carbons (Fsp3) is 0. The molecule has 0 radical (unpaired) electrons. The lowest BCUT2D eigenvalue weighted by Crippen LogP contribution is -2.06. The van der Waals surface area contributed by atoms with Crippen molar-refractivity contribution in [2.24, 2.45) is 5.10 Å². The molecule has 0 bridgehead atoms. The summed E-state index contributed by atoms with van der Waals surface area (Å²) in [6.45, 7) is 0. The molecule has 1 N–H and O–H groups in total. The molecular weight excluding hydrogens is 329 g/mol. The molecule has 3 nitrogen and oxygen atoms in total. The van der Waals surface area contributed by atoms with Crippen LogP contribution in [-0.2, 0) is 0 Å². The zero-order valence-corrected chi connectivity index (χ0v) is 13.6. The van der Waals surface area contributed by atoms with Crippen molar-refractivity contribution in [3.8, 4) is 0 Å². The van der Waals surface area contributed by atoms with Crippen molar-refractivity contribution in [1.82, 2.24) is 4.98 Å². The Kier molecular flexibility index (Phi) is 4.91. The molecule has 3 rings (SSSR count). The number of hydrogen-bond acceptors (Lipinski definition) is 3. The van der Waals surface area contributed by atoms with Gasteiger partial charge in [-0.2, -0.15) is 5.10 Å². The van der Waals surface area contributed by atoms with Crippen molar-refractivity contribution in [3.63, 3.8) is 0 Å². The van der Waals surface area contributed by atoms with Crippen molar-refractivity contribution in [3.05, 3.63) is 94.2 Å². The number of pyridine rings is 1. The van der Waals surface area contributed by atoms with E-state index in [2.05, 4.69) is 15.5 Å².